The molecule has 0 aliphatic carbocycles. The molecule has 0 atom stereocenters. The van der Waals surface area contributed by atoms with Gasteiger partial charge in [-0.1, -0.05) is 13.0 Å². The van der Waals surface area contributed by atoms with Crippen molar-refractivity contribution in [2.24, 2.45) is 0 Å². The number of benzene rings is 1. The molecule has 8 heteroatoms. The third kappa shape index (κ3) is 3.82. The zero-order chi connectivity index (χ0) is 15.2. The van der Waals surface area contributed by atoms with Crippen molar-refractivity contribution in [2.75, 3.05) is 11.9 Å². The summed E-state index contributed by atoms with van der Waals surface area (Å²) in [7, 11) is 0. The predicted molar refractivity (Wildman–Crippen MR) is 80.9 cm³/mol. The van der Waals surface area contributed by atoms with Gasteiger partial charge in [-0.15, -0.1) is 0 Å². The largest absolute Gasteiger partial charge is 0.379 e. The lowest BCUT2D eigenvalue weighted by Crippen LogP contribution is -2.06. The molecule has 0 fully saturated rings. The van der Waals surface area contributed by atoms with Crippen LogP contribution in [-0.2, 0) is 0 Å². The Morgan fingerprint density at radius 3 is 2.90 bits per heavy atom. The summed E-state index contributed by atoms with van der Waals surface area (Å²) in [5, 5.41) is 14.7. The fourth-order valence-electron chi connectivity index (χ4n) is 1.70. The highest BCUT2D eigenvalue weighted by molar-refractivity contribution is 7.99. The van der Waals surface area contributed by atoms with Crippen molar-refractivity contribution in [3.63, 3.8) is 0 Å². The Labute approximate surface area is 125 Å². The van der Waals surface area contributed by atoms with Crippen LogP contribution in [0.15, 0.2) is 45.3 Å². The highest BCUT2D eigenvalue weighted by atomic mass is 32.2. The summed E-state index contributed by atoms with van der Waals surface area (Å²) in [6.07, 6.45) is 2.23. The van der Waals surface area contributed by atoms with Crippen molar-refractivity contribution in [2.45, 2.75) is 23.4 Å². The number of para-hydroxylation sites is 1. The summed E-state index contributed by atoms with van der Waals surface area (Å²) >= 11 is 1.06. The standard InChI is InChI=1S/C13H14N4O3S/c1-2-7-14-9-4-3-5-10(12(9)17(19)20)21-13-15-8-6-11(18)16-13/h3-6,8,14H,2,7H2,1H3,(H,15,16,18). The summed E-state index contributed by atoms with van der Waals surface area (Å²) in [5.41, 5.74) is 0.156. The third-order valence-corrected chi connectivity index (χ3v) is 3.55. The van der Waals surface area contributed by atoms with Crippen LogP contribution in [0.4, 0.5) is 11.4 Å². The van der Waals surface area contributed by atoms with E-state index < -0.39 is 4.92 Å². The second-order valence-electron chi connectivity index (χ2n) is 4.18. The minimum atomic E-state index is -0.429. The SMILES string of the molecule is CCCNc1cccc(Sc2nccc(=O)[nH]2)c1[N+](=O)[O-]. The van der Waals surface area contributed by atoms with Gasteiger partial charge in [-0.05, 0) is 30.3 Å². The number of hydrogen-bond donors (Lipinski definition) is 2. The number of H-pyrrole nitrogens is 1. The van der Waals surface area contributed by atoms with E-state index in [0.717, 1.165) is 18.2 Å². The van der Waals surface area contributed by atoms with Crippen molar-refractivity contribution in [3.8, 4) is 0 Å². The van der Waals surface area contributed by atoms with E-state index in [-0.39, 0.29) is 11.2 Å². The van der Waals surface area contributed by atoms with Crippen LogP contribution in [0.5, 0.6) is 0 Å². The molecule has 0 aliphatic heterocycles. The van der Waals surface area contributed by atoms with E-state index in [1.165, 1.54) is 12.3 Å². The normalized spacial score (nSPS) is 10.3. The van der Waals surface area contributed by atoms with E-state index in [1.807, 2.05) is 6.92 Å². The highest BCUT2D eigenvalue weighted by Gasteiger charge is 2.20. The molecule has 0 radical (unpaired) electrons. The summed E-state index contributed by atoms with van der Waals surface area (Å²) in [6, 6.07) is 6.32. The first-order valence-electron chi connectivity index (χ1n) is 6.36. The van der Waals surface area contributed by atoms with Crippen molar-refractivity contribution >= 4 is 23.1 Å². The van der Waals surface area contributed by atoms with Gasteiger partial charge in [0, 0.05) is 18.8 Å². The molecule has 110 valence electrons. The molecule has 7 nitrogen and oxygen atoms in total. The lowest BCUT2D eigenvalue weighted by molar-refractivity contribution is -0.386. The number of nitro groups is 1. The number of nitro benzene ring substituents is 1. The Morgan fingerprint density at radius 1 is 1.43 bits per heavy atom. The van der Waals surface area contributed by atoms with Gasteiger partial charge in [0.2, 0.25) is 0 Å². The van der Waals surface area contributed by atoms with Gasteiger partial charge in [-0.2, -0.15) is 0 Å². The number of aromatic nitrogens is 2. The predicted octanol–water partition coefficient (Wildman–Crippen LogP) is 2.65. The monoisotopic (exact) mass is 306 g/mol. The average molecular weight is 306 g/mol. The maximum atomic E-state index is 11.3. The van der Waals surface area contributed by atoms with Crippen LogP contribution >= 0.6 is 11.8 Å². The average Bonchev–Trinajstić information content (AvgIpc) is 2.45. The van der Waals surface area contributed by atoms with Gasteiger partial charge >= 0.3 is 5.69 Å². The molecule has 0 saturated heterocycles. The maximum Gasteiger partial charge on any atom is 0.306 e. The summed E-state index contributed by atoms with van der Waals surface area (Å²) in [6.45, 7) is 2.63. The maximum absolute atomic E-state index is 11.3. The Kier molecular flexibility index (Phi) is 4.94. The molecule has 2 rings (SSSR count). The molecule has 2 aromatic rings. The lowest BCUT2D eigenvalue weighted by atomic mass is 10.2. The van der Waals surface area contributed by atoms with Crippen molar-refractivity contribution in [1.29, 1.82) is 0 Å². The summed E-state index contributed by atoms with van der Waals surface area (Å²) in [4.78, 5) is 29.1. The van der Waals surface area contributed by atoms with Gasteiger partial charge in [0.25, 0.3) is 5.56 Å². The minimum absolute atomic E-state index is 0.0116. The van der Waals surface area contributed by atoms with Crippen LogP contribution in [0.2, 0.25) is 0 Å². The van der Waals surface area contributed by atoms with Crippen LogP contribution in [0, 0.1) is 10.1 Å². The van der Waals surface area contributed by atoms with E-state index in [2.05, 4.69) is 15.3 Å². The Bertz CT molecular complexity index is 702. The van der Waals surface area contributed by atoms with E-state index in [1.54, 1.807) is 18.2 Å². The summed E-state index contributed by atoms with van der Waals surface area (Å²) < 4.78 is 0. The fourth-order valence-corrected chi connectivity index (χ4v) is 2.60. The van der Waals surface area contributed by atoms with Crippen LogP contribution < -0.4 is 10.9 Å². The number of hydrogen-bond acceptors (Lipinski definition) is 6. The Hall–Kier alpha value is -2.35. The van der Waals surface area contributed by atoms with Crippen molar-refractivity contribution in [1.82, 2.24) is 9.97 Å². The second-order valence-corrected chi connectivity index (χ2v) is 5.21. The molecule has 2 N–H and O–H groups in total. The molecule has 1 aromatic heterocycles. The first-order valence-corrected chi connectivity index (χ1v) is 7.18. The molecule has 1 aromatic carbocycles. The van der Waals surface area contributed by atoms with E-state index in [0.29, 0.717) is 22.3 Å². The first-order chi connectivity index (χ1) is 10.1. The Balaban J connectivity index is 2.38. The quantitative estimate of drug-likeness (QED) is 0.483. The number of rotatable bonds is 6. The van der Waals surface area contributed by atoms with Gasteiger partial charge in [0.1, 0.15) is 5.69 Å². The Morgan fingerprint density at radius 2 is 2.24 bits per heavy atom. The van der Waals surface area contributed by atoms with Gasteiger partial charge in [0.15, 0.2) is 5.16 Å². The zero-order valence-corrected chi connectivity index (χ0v) is 12.1. The second kappa shape index (κ2) is 6.89. The number of anilines is 1. The molecular weight excluding hydrogens is 292 g/mol. The molecule has 0 amide bonds. The number of nitrogens with zero attached hydrogens (tertiary/aromatic N) is 2. The molecule has 0 saturated carbocycles. The first kappa shape index (κ1) is 15.0. The third-order valence-electron chi connectivity index (χ3n) is 2.60. The van der Waals surface area contributed by atoms with Crippen LogP contribution in [0.25, 0.3) is 0 Å². The van der Waals surface area contributed by atoms with Gasteiger partial charge in [-0.25, -0.2) is 4.98 Å². The zero-order valence-electron chi connectivity index (χ0n) is 11.3. The highest BCUT2D eigenvalue weighted by Crippen LogP contribution is 2.37. The molecule has 1 heterocycles. The van der Waals surface area contributed by atoms with Gasteiger partial charge in [0.05, 0.1) is 9.82 Å². The van der Waals surface area contributed by atoms with Crippen molar-refractivity contribution < 1.29 is 4.92 Å². The smallest absolute Gasteiger partial charge is 0.306 e. The number of aromatic amines is 1. The van der Waals surface area contributed by atoms with E-state index >= 15 is 0 Å². The van der Waals surface area contributed by atoms with Crippen LogP contribution in [0.1, 0.15) is 13.3 Å². The molecule has 0 bridgehead atoms. The van der Waals surface area contributed by atoms with Crippen LogP contribution in [0.3, 0.4) is 0 Å². The summed E-state index contributed by atoms with van der Waals surface area (Å²) in [5.74, 6) is 0. The molecule has 0 spiro atoms. The van der Waals surface area contributed by atoms with Crippen LogP contribution in [-0.4, -0.2) is 21.4 Å². The molecule has 0 unspecified atom stereocenters. The topological polar surface area (TPSA) is 101 Å². The van der Waals surface area contributed by atoms with Gasteiger partial charge in [-0.3, -0.25) is 14.9 Å². The van der Waals surface area contributed by atoms with Crippen molar-refractivity contribution in [3.05, 3.63) is 50.9 Å². The fraction of sp³-hybridized carbons (Fsp3) is 0.231. The molecular formula is C13H14N4O3S. The minimum Gasteiger partial charge on any atom is -0.379 e. The lowest BCUT2D eigenvalue weighted by Gasteiger charge is -2.08. The number of nitrogens with one attached hydrogen (secondary N) is 2. The van der Waals surface area contributed by atoms with E-state index in [9.17, 15) is 14.9 Å². The molecule has 0 aliphatic rings. The van der Waals surface area contributed by atoms with E-state index in [4.69, 9.17) is 0 Å². The molecule has 21 heavy (non-hydrogen) atoms. The van der Waals surface area contributed by atoms with Gasteiger partial charge < -0.3 is 10.3 Å².